The summed E-state index contributed by atoms with van der Waals surface area (Å²) in [5.41, 5.74) is -0.597. The summed E-state index contributed by atoms with van der Waals surface area (Å²) < 4.78 is 38.7. The molecular formula is C21H17F3N4O3S. The van der Waals surface area contributed by atoms with E-state index in [1.54, 1.807) is 24.3 Å². The van der Waals surface area contributed by atoms with Gasteiger partial charge in [-0.1, -0.05) is 12.1 Å². The van der Waals surface area contributed by atoms with Crippen LogP contribution >= 0.6 is 11.8 Å². The van der Waals surface area contributed by atoms with Gasteiger partial charge in [0.1, 0.15) is 5.82 Å². The predicted molar refractivity (Wildman–Crippen MR) is 113 cm³/mol. The molecule has 2 aromatic carbocycles. The van der Waals surface area contributed by atoms with Crippen LogP contribution in [0.4, 0.5) is 18.9 Å². The highest BCUT2D eigenvalue weighted by atomic mass is 32.2. The SMILES string of the molecule is CN(Cc1nc2ccccc2c(=O)[nH]1)C(=O)C[C@H]1Sc2ccc(C(F)(F)F)cc2NC1=O. The Morgan fingerprint density at radius 1 is 1.19 bits per heavy atom. The number of fused-ring (bicyclic) bond motifs is 2. The fourth-order valence-electron chi connectivity index (χ4n) is 3.30. The highest BCUT2D eigenvalue weighted by molar-refractivity contribution is 8.01. The van der Waals surface area contributed by atoms with Crippen LogP contribution in [0.25, 0.3) is 10.9 Å². The summed E-state index contributed by atoms with van der Waals surface area (Å²) in [7, 11) is 1.52. The van der Waals surface area contributed by atoms with E-state index in [0.29, 0.717) is 21.6 Å². The molecule has 3 aromatic rings. The molecule has 0 fully saturated rings. The molecular weight excluding hydrogens is 445 g/mol. The van der Waals surface area contributed by atoms with Crippen LogP contribution in [0.1, 0.15) is 17.8 Å². The number of nitrogens with zero attached hydrogens (tertiary/aromatic N) is 2. The second kappa shape index (κ2) is 8.30. The number of anilines is 1. The highest BCUT2D eigenvalue weighted by Gasteiger charge is 2.34. The highest BCUT2D eigenvalue weighted by Crippen LogP contribution is 2.40. The number of nitrogens with one attached hydrogen (secondary N) is 2. The number of hydrogen-bond acceptors (Lipinski definition) is 5. The largest absolute Gasteiger partial charge is 0.416 e. The summed E-state index contributed by atoms with van der Waals surface area (Å²) in [6.07, 6.45) is -4.68. The minimum Gasteiger partial charge on any atom is -0.338 e. The molecule has 1 aliphatic heterocycles. The number of aromatic nitrogens is 2. The van der Waals surface area contributed by atoms with Gasteiger partial charge in [-0.3, -0.25) is 14.4 Å². The first kappa shape index (κ1) is 21.9. The average molecular weight is 462 g/mol. The number of thioether (sulfide) groups is 1. The minimum absolute atomic E-state index is 0.0312. The fraction of sp³-hybridized carbons (Fsp3) is 0.238. The van der Waals surface area contributed by atoms with Crippen molar-refractivity contribution in [1.82, 2.24) is 14.9 Å². The van der Waals surface area contributed by atoms with E-state index in [1.165, 1.54) is 18.0 Å². The van der Waals surface area contributed by atoms with Crippen LogP contribution in [0, 0.1) is 0 Å². The zero-order valence-corrected chi connectivity index (χ0v) is 17.5. The zero-order chi connectivity index (χ0) is 23.0. The van der Waals surface area contributed by atoms with Gasteiger partial charge < -0.3 is 15.2 Å². The van der Waals surface area contributed by atoms with Gasteiger partial charge in [0.15, 0.2) is 0 Å². The molecule has 7 nitrogen and oxygen atoms in total. The number of aromatic amines is 1. The maximum absolute atomic E-state index is 12.9. The number of para-hydroxylation sites is 1. The van der Waals surface area contributed by atoms with Gasteiger partial charge in [-0.05, 0) is 30.3 Å². The van der Waals surface area contributed by atoms with Crippen LogP contribution in [-0.4, -0.2) is 39.0 Å². The van der Waals surface area contributed by atoms with Crippen molar-refractivity contribution < 1.29 is 22.8 Å². The van der Waals surface area contributed by atoms with Crippen molar-refractivity contribution in [2.75, 3.05) is 12.4 Å². The van der Waals surface area contributed by atoms with Crippen molar-refractivity contribution in [1.29, 1.82) is 0 Å². The number of carbonyl (C=O) groups excluding carboxylic acids is 2. The van der Waals surface area contributed by atoms with E-state index in [4.69, 9.17) is 0 Å². The van der Waals surface area contributed by atoms with E-state index >= 15 is 0 Å². The van der Waals surface area contributed by atoms with Crippen molar-refractivity contribution in [3.05, 3.63) is 64.2 Å². The smallest absolute Gasteiger partial charge is 0.338 e. The standard InChI is InChI=1S/C21H17F3N4O3S/c1-28(10-17-25-13-5-3-2-4-12(13)19(30)27-17)18(29)9-16-20(31)26-14-8-11(21(22,23)24)6-7-15(14)32-16/h2-8,16H,9-10H2,1H3,(H,26,31)(H,25,27,30)/t16-/m1/s1. The van der Waals surface area contributed by atoms with Crippen LogP contribution in [0.3, 0.4) is 0 Å². The summed E-state index contributed by atoms with van der Waals surface area (Å²) in [5.74, 6) is -0.611. The summed E-state index contributed by atoms with van der Waals surface area (Å²) in [6, 6.07) is 9.93. The fourth-order valence-corrected chi connectivity index (χ4v) is 4.38. The lowest BCUT2D eigenvalue weighted by atomic mass is 10.1. The molecule has 32 heavy (non-hydrogen) atoms. The summed E-state index contributed by atoms with van der Waals surface area (Å²) in [5, 5.41) is 2.10. The van der Waals surface area contributed by atoms with Gasteiger partial charge in [0.2, 0.25) is 11.8 Å². The number of hydrogen-bond donors (Lipinski definition) is 2. The van der Waals surface area contributed by atoms with E-state index in [9.17, 15) is 27.6 Å². The molecule has 0 radical (unpaired) electrons. The van der Waals surface area contributed by atoms with E-state index in [1.807, 2.05) is 0 Å². The molecule has 11 heteroatoms. The van der Waals surface area contributed by atoms with Gasteiger partial charge >= 0.3 is 6.18 Å². The Balaban J connectivity index is 1.45. The average Bonchev–Trinajstić information content (AvgIpc) is 2.73. The number of amides is 2. The van der Waals surface area contributed by atoms with Crippen LogP contribution in [-0.2, 0) is 22.3 Å². The Morgan fingerprint density at radius 3 is 2.69 bits per heavy atom. The topological polar surface area (TPSA) is 95.2 Å². The van der Waals surface area contributed by atoms with Crippen molar-refractivity contribution in [3.8, 4) is 0 Å². The molecule has 0 saturated heterocycles. The molecule has 4 rings (SSSR count). The monoisotopic (exact) mass is 462 g/mol. The molecule has 166 valence electrons. The predicted octanol–water partition coefficient (Wildman–Crippen LogP) is 3.40. The number of rotatable bonds is 4. The minimum atomic E-state index is -4.52. The lowest BCUT2D eigenvalue weighted by molar-refractivity contribution is -0.137. The van der Waals surface area contributed by atoms with Crippen molar-refractivity contribution >= 4 is 40.2 Å². The lowest BCUT2D eigenvalue weighted by Crippen LogP contribution is -2.36. The van der Waals surface area contributed by atoms with Gasteiger partial charge in [-0.2, -0.15) is 13.2 Å². The van der Waals surface area contributed by atoms with E-state index in [2.05, 4.69) is 15.3 Å². The third-order valence-corrected chi connectivity index (χ3v) is 6.24. The zero-order valence-electron chi connectivity index (χ0n) is 16.7. The Kier molecular flexibility index (Phi) is 5.68. The third-order valence-electron chi connectivity index (χ3n) is 4.96. The Bertz CT molecular complexity index is 1280. The first-order valence-electron chi connectivity index (χ1n) is 9.52. The van der Waals surface area contributed by atoms with Gasteiger partial charge in [0.05, 0.1) is 33.9 Å². The molecule has 2 amide bonds. The summed E-state index contributed by atoms with van der Waals surface area (Å²) >= 11 is 1.04. The second-order valence-corrected chi connectivity index (χ2v) is 8.53. The van der Waals surface area contributed by atoms with Crippen LogP contribution < -0.4 is 10.9 Å². The third kappa shape index (κ3) is 4.47. The van der Waals surface area contributed by atoms with Crippen LogP contribution in [0.5, 0.6) is 0 Å². The molecule has 0 spiro atoms. The number of alkyl halides is 3. The van der Waals surface area contributed by atoms with Gasteiger partial charge in [0, 0.05) is 18.4 Å². The van der Waals surface area contributed by atoms with Crippen molar-refractivity contribution in [2.24, 2.45) is 0 Å². The molecule has 2 heterocycles. The van der Waals surface area contributed by atoms with Gasteiger partial charge in [-0.15, -0.1) is 11.8 Å². The Labute approximate surface area is 184 Å². The molecule has 0 unspecified atom stereocenters. The van der Waals surface area contributed by atoms with Gasteiger partial charge in [-0.25, -0.2) is 4.98 Å². The molecule has 2 N–H and O–H groups in total. The molecule has 1 aliphatic rings. The molecule has 0 saturated carbocycles. The number of H-pyrrole nitrogens is 1. The Morgan fingerprint density at radius 2 is 1.94 bits per heavy atom. The quantitative estimate of drug-likeness (QED) is 0.620. The van der Waals surface area contributed by atoms with Crippen LogP contribution in [0.15, 0.2) is 52.2 Å². The van der Waals surface area contributed by atoms with Crippen LogP contribution in [0.2, 0.25) is 0 Å². The van der Waals surface area contributed by atoms with Crippen molar-refractivity contribution in [3.63, 3.8) is 0 Å². The number of carbonyl (C=O) groups is 2. The number of halogens is 3. The first-order chi connectivity index (χ1) is 15.1. The Hall–Kier alpha value is -3.34. The maximum Gasteiger partial charge on any atom is 0.416 e. The maximum atomic E-state index is 12.9. The first-order valence-corrected chi connectivity index (χ1v) is 10.4. The molecule has 1 aromatic heterocycles. The van der Waals surface area contributed by atoms with Crippen molar-refractivity contribution in [2.45, 2.75) is 29.3 Å². The second-order valence-electron chi connectivity index (χ2n) is 7.29. The molecule has 0 aliphatic carbocycles. The lowest BCUT2D eigenvalue weighted by Gasteiger charge is -2.26. The normalized spacial score (nSPS) is 15.9. The summed E-state index contributed by atoms with van der Waals surface area (Å²) in [4.78, 5) is 46.0. The molecule has 1 atom stereocenters. The number of benzene rings is 2. The summed E-state index contributed by atoms with van der Waals surface area (Å²) in [6.45, 7) is 0.0312. The van der Waals surface area contributed by atoms with E-state index < -0.39 is 22.9 Å². The molecule has 0 bridgehead atoms. The van der Waals surface area contributed by atoms with E-state index in [-0.39, 0.29) is 30.1 Å². The van der Waals surface area contributed by atoms with E-state index in [0.717, 1.165) is 23.9 Å². The van der Waals surface area contributed by atoms with Gasteiger partial charge in [0.25, 0.3) is 5.56 Å².